The molecule has 0 spiro atoms. The first-order chi connectivity index (χ1) is 12.6. The van der Waals surface area contributed by atoms with E-state index in [1.165, 1.54) is 5.56 Å². The molecule has 26 heavy (non-hydrogen) atoms. The number of benzene rings is 1. The maximum Gasteiger partial charge on any atom is 0.0426 e. The Morgan fingerprint density at radius 3 is 2.65 bits per heavy atom. The number of rotatable bonds is 7. The topological polar surface area (TPSA) is 26.0 Å². The van der Waals surface area contributed by atoms with Crippen LogP contribution in [0.15, 0.2) is 103 Å². The van der Waals surface area contributed by atoms with E-state index in [0.29, 0.717) is 5.70 Å². The molecule has 0 aliphatic heterocycles. The van der Waals surface area contributed by atoms with Gasteiger partial charge in [-0.3, -0.25) is 0 Å². The van der Waals surface area contributed by atoms with Crippen LogP contribution in [0.25, 0.3) is 5.57 Å². The van der Waals surface area contributed by atoms with Gasteiger partial charge in [-0.25, -0.2) is 0 Å². The molecule has 0 aromatic heterocycles. The zero-order valence-corrected chi connectivity index (χ0v) is 15.3. The van der Waals surface area contributed by atoms with E-state index < -0.39 is 0 Å². The second-order valence-corrected chi connectivity index (χ2v) is 6.17. The van der Waals surface area contributed by atoms with Crippen molar-refractivity contribution in [2.24, 2.45) is 5.73 Å². The van der Waals surface area contributed by atoms with Gasteiger partial charge in [0.2, 0.25) is 0 Å². The van der Waals surface area contributed by atoms with E-state index in [1.54, 1.807) is 6.08 Å². The molecule has 1 aliphatic rings. The summed E-state index contributed by atoms with van der Waals surface area (Å²) in [5.74, 6) is 2.49. The van der Waals surface area contributed by atoms with Crippen LogP contribution in [0.5, 0.6) is 0 Å². The molecule has 2 rings (SSSR count). The van der Waals surface area contributed by atoms with Crippen LogP contribution < -0.4 is 5.73 Å². The van der Waals surface area contributed by atoms with Crippen LogP contribution in [0, 0.1) is 12.3 Å². The molecule has 0 saturated carbocycles. The van der Waals surface area contributed by atoms with E-state index in [0.717, 1.165) is 23.1 Å². The highest BCUT2D eigenvalue weighted by atomic mass is 14.6. The summed E-state index contributed by atoms with van der Waals surface area (Å²) in [4.78, 5) is 0. The average molecular weight is 339 g/mol. The van der Waals surface area contributed by atoms with E-state index in [9.17, 15) is 0 Å². The van der Waals surface area contributed by atoms with Crippen molar-refractivity contribution in [2.75, 3.05) is 0 Å². The van der Waals surface area contributed by atoms with Crippen LogP contribution in [0.2, 0.25) is 0 Å². The molecule has 0 bridgehead atoms. The summed E-state index contributed by atoms with van der Waals surface area (Å²) in [7, 11) is 0. The van der Waals surface area contributed by atoms with Gasteiger partial charge in [-0.2, -0.15) is 0 Å². The van der Waals surface area contributed by atoms with Crippen LogP contribution >= 0.6 is 0 Å². The Hall–Kier alpha value is -3.24. The smallest absolute Gasteiger partial charge is 0.0426 e. The summed E-state index contributed by atoms with van der Waals surface area (Å²) in [6.45, 7) is 10.3. The van der Waals surface area contributed by atoms with E-state index in [4.69, 9.17) is 12.2 Å². The summed E-state index contributed by atoms with van der Waals surface area (Å²) in [6, 6.07) is 8.30. The fourth-order valence-electron chi connectivity index (χ4n) is 3.22. The summed E-state index contributed by atoms with van der Waals surface area (Å²) in [5.41, 5.74) is 10.6. The second-order valence-electron chi connectivity index (χ2n) is 6.17. The van der Waals surface area contributed by atoms with Gasteiger partial charge in [-0.05, 0) is 36.1 Å². The molecule has 130 valence electrons. The van der Waals surface area contributed by atoms with Crippen LogP contribution in [-0.4, -0.2) is 0 Å². The van der Waals surface area contributed by atoms with Crippen LogP contribution in [0.3, 0.4) is 0 Å². The largest absolute Gasteiger partial charge is 0.399 e. The van der Waals surface area contributed by atoms with Gasteiger partial charge in [-0.15, -0.1) is 6.42 Å². The van der Waals surface area contributed by atoms with Gasteiger partial charge < -0.3 is 5.73 Å². The van der Waals surface area contributed by atoms with Gasteiger partial charge in [-0.1, -0.05) is 92.0 Å². The Morgan fingerprint density at radius 2 is 1.96 bits per heavy atom. The number of nitrogens with two attached hydrogens (primary N) is 1. The standard InChI is InChI=1S/C25H25N/c1-5-7-9-10-14-18-25(20(3)15-11-8-6-2)19-23(21(4)26)22-16-12-13-17-24(22)25/h1,6-17,19H,3-4,18,26H2,2H3/b8-6-,9-7-,14-10-,15-11-. The third-order valence-electron chi connectivity index (χ3n) is 4.49. The van der Waals surface area contributed by atoms with Gasteiger partial charge in [0.1, 0.15) is 0 Å². The van der Waals surface area contributed by atoms with Gasteiger partial charge in [0.25, 0.3) is 0 Å². The lowest BCUT2D eigenvalue weighted by Crippen LogP contribution is -2.22. The zero-order valence-electron chi connectivity index (χ0n) is 15.3. The molecule has 1 aromatic carbocycles. The summed E-state index contributed by atoms with van der Waals surface area (Å²) in [6.07, 6.45) is 23.9. The Kier molecular flexibility index (Phi) is 6.42. The molecule has 1 aromatic rings. The van der Waals surface area contributed by atoms with E-state index in [1.807, 2.05) is 43.4 Å². The minimum absolute atomic E-state index is 0.354. The highest BCUT2D eigenvalue weighted by molar-refractivity contribution is 5.87. The normalized spacial score (nSPS) is 19.3. The van der Waals surface area contributed by atoms with E-state index in [-0.39, 0.29) is 5.41 Å². The summed E-state index contributed by atoms with van der Waals surface area (Å²) < 4.78 is 0. The molecule has 0 amide bonds. The lowest BCUT2D eigenvalue weighted by atomic mass is 9.73. The quantitative estimate of drug-likeness (QED) is 0.506. The molecular formula is C25H25N. The summed E-state index contributed by atoms with van der Waals surface area (Å²) in [5, 5.41) is 0. The maximum absolute atomic E-state index is 6.08. The van der Waals surface area contributed by atoms with Crippen molar-refractivity contribution in [3.8, 4) is 12.3 Å². The Bertz CT molecular complexity index is 881. The molecule has 1 atom stereocenters. The van der Waals surface area contributed by atoms with E-state index in [2.05, 4.69) is 55.5 Å². The van der Waals surface area contributed by atoms with Crippen molar-refractivity contribution in [3.05, 3.63) is 115 Å². The molecule has 0 saturated heterocycles. The second kappa shape index (κ2) is 8.74. The Labute approximate surface area is 157 Å². The monoisotopic (exact) mass is 339 g/mol. The molecule has 0 fully saturated rings. The highest BCUT2D eigenvalue weighted by Crippen LogP contribution is 2.48. The van der Waals surface area contributed by atoms with Crippen molar-refractivity contribution in [2.45, 2.75) is 18.8 Å². The highest BCUT2D eigenvalue weighted by Gasteiger charge is 2.38. The third kappa shape index (κ3) is 3.87. The van der Waals surface area contributed by atoms with Gasteiger partial charge >= 0.3 is 0 Å². The van der Waals surface area contributed by atoms with Crippen LogP contribution in [-0.2, 0) is 5.41 Å². The maximum atomic E-state index is 6.08. The fourth-order valence-corrected chi connectivity index (χ4v) is 3.22. The molecule has 0 heterocycles. The number of hydrogen-bond acceptors (Lipinski definition) is 1. The van der Waals surface area contributed by atoms with Crippen molar-refractivity contribution < 1.29 is 0 Å². The number of allylic oxidation sites excluding steroid dienone is 11. The van der Waals surface area contributed by atoms with Crippen molar-refractivity contribution >= 4 is 5.57 Å². The first kappa shape index (κ1) is 19.1. The number of terminal acetylenes is 1. The molecule has 1 unspecified atom stereocenters. The average Bonchev–Trinajstić information content (AvgIpc) is 2.98. The lowest BCUT2D eigenvalue weighted by Gasteiger charge is -2.29. The Balaban J connectivity index is 2.56. The predicted octanol–water partition coefficient (Wildman–Crippen LogP) is 5.62. The first-order valence-corrected chi connectivity index (χ1v) is 8.61. The number of fused-ring (bicyclic) bond motifs is 1. The zero-order chi connectivity index (χ0) is 19.0. The molecule has 0 radical (unpaired) electrons. The van der Waals surface area contributed by atoms with Gasteiger partial charge in [0, 0.05) is 16.7 Å². The first-order valence-electron chi connectivity index (χ1n) is 8.61. The Morgan fingerprint density at radius 1 is 1.19 bits per heavy atom. The summed E-state index contributed by atoms with van der Waals surface area (Å²) >= 11 is 0. The molecule has 1 nitrogen and oxygen atoms in total. The fraction of sp³-hybridized carbons (Fsp3) is 0.120. The molecule has 1 aliphatic carbocycles. The molecular weight excluding hydrogens is 314 g/mol. The molecule has 1 heteroatoms. The minimum Gasteiger partial charge on any atom is -0.399 e. The third-order valence-corrected chi connectivity index (χ3v) is 4.49. The van der Waals surface area contributed by atoms with Crippen LogP contribution in [0.4, 0.5) is 0 Å². The van der Waals surface area contributed by atoms with E-state index >= 15 is 0 Å². The predicted molar refractivity (Wildman–Crippen MR) is 114 cm³/mol. The minimum atomic E-state index is -0.354. The van der Waals surface area contributed by atoms with Crippen molar-refractivity contribution in [1.29, 1.82) is 0 Å². The van der Waals surface area contributed by atoms with Gasteiger partial charge in [0.15, 0.2) is 0 Å². The van der Waals surface area contributed by atoms with Crippen molar-refractivity contribution in [3.63, 3.8) is 0 Å². The van der Waals surface area contributed by atoms with Crippen LogP contribution in [0.1, 0.15) is 24.5 Å². The van der Waals surface area contributed by atoms with Crippen molar-refractivity contribution in [1.82, 2.24) is 0 Å². The SMILES string of the molecule is C#C/C=C\C=C/CC1(C(=C)/C=C\C=C/C)C=C(C(=C)N)c2ccccc21. The molecule has 2 N–H and O–H groups in total. The lowest BCUT2D eigenvalue weighted by molar-refractivity contribution is 0.666. The van der Waals surface area contributed by atoms with Gasteiger partial charge in [0.05, 0.1) is 0 Å². The number of hydrogen-bond donors (Lipinski definition) is 1.